The van der Waals surface area contributed by atoms with Gasteiger partial charge in [-0.25, -0.2) is 0 Å². The van der Waals surface area contributed by atoms with Crippen molar-refractivity contribution in [2.24, 2.45) is 0 Å². The zero-order valence-electron chi connectivity index (χ0n) is 6.67. The fraction of sp³-hybridized carbons (Fsp3) is 0.125. The van der Waals surface area contributed by atoms with Crippen LogP contribution in [0.3, 0.4) is 0 Å². The third kappa shape index (κ3) is 2.44. The molecule has 0 unspecified atom stereocenters. The average Bonchev–Trinajstić information content (AvgIpc) is 2.01. The third-order valence-electron chi connectivity index (χ3n) is 1.48. The Labute approximate surface area is 94.8 Å². The van der Waals surface area contributed by atoms with E-state index in [4.69, 9.17) is 39.9 Å². The maximum absolute atomic E-state index is 11.4. The lowest BCUT2D eigenvalue weighted by atomic mass is 10.1. The quantitative estimate of drug-likeness (QED) is 0.599. The Hall–Kier alpha value is -0.640. The van der Waals surface area contributed by atoms with Crippen LogP contribution in [0.15, 0.2) is 18.2 Å². The van der Waals surface area contributed by atoms with Crippen LogP contribution in [0.2, 0.25) is 0 Å². The summed E-state index contributed by atoms with van der Waals surface area (Å²) in [6, 6.07) is 3.38. The summed E-state index contributed by atoms with van der Waals surface area (Å²) in [6.07, 6.45) is 0. The van der Waals surface area contributed by atoms with Gasteiger partial charge in [0.15, 0.2) is 0 Å². The summed E-state index contributed by atoms with van der Waals surface area (Å²) in [4.78, 5) is 11.4. The van der Waals surface area contributed by atoms with E-state index in [9.17, 15) is 9.90 Å². The second-order valence-electron chi connectivity index (χ2n) is 2.53. The van der Waals surface area contributed by atoms with E-state index in [1.54, 1.807) is 0 Å². The summed E-state index contributed by atoms with van der Waals surface area (Å²) in [6.45, 7) is 0. The van der Waals surface area contributed by atoms with Gasteiger partial charge in [-0.05, 0) is 12.1 Å². The van der Waals surface area contributed by atoms with Crippen LogP contribution in [0.4, 0.5) is 0 Å². The molecule has 0 saturated heterocycles. The number of rotatable bonds is 1. The maximum atomic E-state index is 11.4. The molecule has 0 aliphatic rings. The number of phenols is 2. The molecule has 0 amide bonds. The van der Waals surface area contributed by atoms with Gasteiger partial charge in [0.2, 0.25) is 5.78 Å². The number of halogens is 3. The van der Waals surface area contributed by atoms with Crippen molar-refractivity contribution >= 4 is 40.6 Å². The average molecular weight is 255 g/mol. The van der Waals surface area contributed by atoms with Crippen molar-refractivity contribution < 1.29 is 15.0 Å². The molecule has 14 heavy (non-hydrogen) atoms. The monoisotopic (exact) mass is 254 g/mol. The Morgan fingerprint density at radius 1 is 1.21 bits per heavy atom. The zero-order chi connectivity index (χ0) is 10.9. The summed E-state index contributed by atoms with van der Waals surface area (Å²) < 4.78 is -2.12. The van der Waals surface area contributed by atoms with E-state index in [1.165, 1.54) is 12.1 Å². The van der Waals surface area contributed by atoms with Crippen molar-refractivity contribution in [2.45, 2.75) is 3.79 Å². The largest absolute Gasteiger partial charge is 0.508 e. The van der Waals surface area contributed by atoms with Gasteiger partial charge in [-0.1, -0.05) is 34.8 Å². The van der Waals surface area contributed by atoms with Gasteiger partial charge in [0.25, 0.3) is 3.79 Å². The summed E-state index contributed by atoms with van der Waals surface area (Å²) in [5, 5.41) is 18.2. The van der Waals surface area contributed by atoms with Crippen LogP contribution >= 0.6 is 34.8 Å². The van der Waals surface area contributed by atoms with Gasteiger partial charge in [0.05, 0.1) is 5.56 Å². The number of hydrogen-bond acceptors (Lipinski definition) is 3. The molecule has 1 aromatic carbocycles. The van der Waals surface area contributed by atoms with Gasteiger partial charge in [0.1, 0.15) is 11.5 Å². The lowest BCUT2D eigenvalue weighted by molar-refractivity contribution is 0.0994. The molecule has 1 rings (SSSR count). The van der Waals surface area contributed by atoms with Crippen molar-refractivity contribution in [1.29, 1.82) is 0 Å². The molecule has 0 aromatic heterocycles. The topological polar surface area (TPSA) is 57.5 Å². The Bertz CT molecular complexity index is 371. The Balaban J connectivity index is 3.15. The van der Waals surface area contributed by atoms with Crippen molar-refractivity contribution in [2.75, 3.05) is 0 Å². The van der Waals surface area contributed by atoms with Crippen LogP contribution in [0.25, 0.3) is 0 Å². The zero-order valence-corrected chi connectivity index (χ0v) is 8.94. The Kier molecular flexibility index (Phi) is 3.14. The predicted molar refractivity (Wildman–Crippen MR) is 54.4 cm³/mol. The Morgan fingerprint density at radius 3 is 2.21 bits per heavy atom. The first-order chi connectivity index (χ1) is 6.32. The summed E-state index contributed by atoms with van der Waals surface area (Å²) in [7, 11) is 0. The van der Waals surface area contributed by atoms with Gasteiger partial charge in [0, 0.05) is 6.07 Å². The van der Waals surface area contributed by atoms with Crippen LogP contribution in [0.5, 0.6) is 11.5 Å². The van der Waals surface area contributed by atoms with E-state index in [1.807, 2.05) is 0 Å². The van der Waals surface area contributed by atoms with E-state index >= 15 is 0 Å². The highest BCUT2D eigenvalue weighted by atomic mass is 35.6. The summed E-state index contributed by atoms with van der Waals surface area (Å²) in [5.74, 6) is -1.45. The first-order valence-corrected chi connectivity index (χ1v) is 4.59. The smallest absolute Gasteiger partial charge is 0.253 e. The second kappa shape index (κ2) is 3.85. The molecule has 0 bridgehead atoms. The molecule has 6 heteroatoms. The molecule has 0 saturated carbocycles. The van der Waals surface area contributed by atoms with E-state index < -0.39 is 15.3 Å². The molecular weight excluding hydrogens is 250 g/mol. The standard InChI is InChI=1S/C8H5Cl3O3/c9-8(10,11)7(14)5-2-1-4(12)3-6(5)13/h1-3,12-13H. The molecule has 0 fully saturated rings. The lowest BCUT2D eigenvalue weighted by Gasteiger charge is -2.10. The van der Waals surface area contributed by atoms with Crippen molar-refractivity contribution in [3.8, 4) is 11.5 Å². The van der Waals surface area contributed by atoms with Crippen LogP contribution in [-0.4, -0.2) is 19.8 Å². The van der Waals surface area contributed by atoms with Crippen molar-refractivity contribution in [3.63, 3.8) is 0 Å². The molecule has 2 N–H and O–H groups in total. The minimum atomic E-state index is -2.12. The van der Waals surface area contributed by atoms with Gasteiger partial charge in [-0.15, -0.1) is 0 Å². The summed E-state index contributed by atoms with van der Waals surface area (Å²) >= 11 is 16.0. The number of phenolic OH excluding ortho intramolecular Hbond substituents is 2. The fourth-order valence-corrected chi connectivity index (χ4v) is 1.17. The Morgan fingerprint density at radius 2 is 1.79 bits per heavy atom. The van der Waals surface area contributed by atoms with Gasteiger partial charge in [-0.3, -0.25) is 4.79 Å². The number of carbonyl (C=O) groups excluding carboxylic acids is 1. The number of Topliss-reactive ketones (excluding diaryl/α,β-unsaturated/α-hetero) is 1. The first-order valence-electron chi connectivity index (χ1n) is 3.46. The van der Waals surface area contributed by atoms with Crippen LogP contribution in [-0.2, 0) is 0 Å². The van der Waals surface area contributed by atoms with E-state index in [2.05, 4.69) is 0 Å². The molecule has 76 valence electrons. The molecule has 3 nitrogen and oxygen atoms in total. The normalized spacial score (nSPS) is 11.4. The molecule has 0 atom stereocenters. The fourth-order valence-electron chi connectivity index (χ4n) is 0.865. The molecule has 0 aliphatic heterocycles. The number of hydrogen-bond donors (Lipinski definition) is 2. The minimum absolute atomic E-state index is 0.150. The summed E-state index contributed by atoms with van der Waals surface area (Å²) in [5.41, 5.74) is -0.150. The van der Waals surface area contributed by atoms with Crippen LogP contribution in [0, 0.1) is 0 Å². The SMILES string of the molecule is O=C(c1ccc(O)cc1O)C(Cl)(Cl)Cl. The third-order valence-corrected chi connectivity index (χ3v) is 2.00. The van der Waals surface area contributed by atoms with Crippen molar-refractivity contribution in [3.05, 3.63) is 23.8 Å². The number of ketones is 1. The highest BCUT2D eigenvalue weighted by Gasteiger charge is 2.33. The molecule has 0 aliphatic carbocycles. The van der Waals surface area contributed by atoms with Gasteiger partial charge in [-0.2, -0.15) is 0 Å². The number of aromatic hydroxyl groups is 2. The number of carbonyl (C=O) groups is 1. The van der Waals surface area contributed by atoms with E-state index in [-0.39, 0.29) is 11.3 Å². The van der Waals surface area contributed by atoms with Gasteiger partial charge < -0.3 is 10.2 Å². The predicted octanol–water partition coefficient (Wildman–Crippen LogP) is 2.65. The number of alkyl halides is 3. The lowest BCUT2D eigenvalue weighted by Crippen LogP contribution is -2.18. The molecule has 1 aromatic rings. The molecule has 0 radical (unpaired) electrons. The van der Waals surface area contributed by atoms with E-state index in [0.29, 0.717) is 0 Å². The first kappa shape index (κ1) is 11.4. The van der Waals surface area contributed by atoms with E-state index in [0.717, 1.165) is 6.07 Å². The number of benzene rings is 1. The molecular formula is C8H5Cl3O3. The maximum Gasteiger partial charge on any atom is 0.253 e. The van der Waals surface area contributed by atoms with Crippen molar-refractivity contribution in [1.82, 2.24) is 0 Å². The molecule has 0 spiro atoms. The molecule has 0 heterocycles. The van der Waals surface area contributed by atoms with Crippen LogP contribution in [0.1, 0.15) is 10.4 Å². The minimum Gasteiger partial charge on any atom is -0.508 e. The second-order valence-corrected chi connectivity index (χ2v) is 4.81. The highest BCUT2D eigenvalue weighted by Crippen LogP contribution is 2.34. The van der Waals surface area contributed by atoms with Gasteiger partial charge >= 0.3 is 0 Å². The highest BCUT2D eigenvalue weighted by molar-refractivity contribution is 6.77. The van der Waals surface area contributed by atoms with Crippen LogP contribution < -0.4 is 0 Å².